The van der Waals surface area contributed by atoms with Crippen molar-refractivity contribution in [3.63, 3.8) is 0 Å². The number of nitrogens with zero attached hydrogens (tertiary/aromatic N) is 2. The first-order valence-electron chi connectivity index (χ1n) is 5.19. The second-order valence-corrected chi connectivity index (χ2v) is 3.49. The van der Waals surface area contributed by atoms with Gasteiger partial charge in [-0.25, -0.2) is 8.78 Å². The fraction of sp³-hybridized carbons (Fsp3) is 0.455. The predicted molar refractivity (Wildman–Crippen MR) is 57.6 cm³/mol. The first-order valence-corrected chi connectivity index (χ1v) is 5.19. The third kappa shape index (κ3) is 4.86. The number of hydrogen-bond acceptors (Lipinski definition) is 3. The highest BCUT2D eigenvalue weighted by atomic mass is 19.3. The lowest BCUT2D eigenvalue weighted by atomic mass is 10.2. The van der Waals surface area contributed by atoms with Gasteiger partial charge in [-0.05, 0) is 11.6 Å². The Morgan fingerprint density at radius 3 is 2.82 bits per heavy atom. The van der Waals surface area contributed by atoms with Crippen molar-refractivity contribution in [3.8, 4) is 0 Å². The Kier molecular flexibility index (Phi) is 5.48. The highest BCUT2D eigenvalue weighted by molar-refractivity contribution is 5.78. The van der Waals surface area contributed by atoms with Gasteiger partial charge in [0.15, 0.2) is 0 Å². The summed E-state index contributed by atoms with van der Waals surface area (Å²) in [4.78, 5) is 16.5. The second kappa shape index (κ2) is 6.90. The summed E-state index contributed by atoms with van der Waals surface area (Å²) in [6.45, 7) is -1.06. The van der Waals surface area contributed by atoms with Crippen LogP contribution in [0, 0.1) is 0 Å². The molecule has 17 heavy (non-hydrogen) atoms. The maximum Gasteiger partial charge on any atom is 0.255 e. The number of hydrogen-bond donors (Lipinski definition) is 1. The smallest absolute Gasteiger partial charge is 0.255 e. The number of aliphatic hydroxyl groups excluding tert-OH is 1. The van der Waals surface area contributed by atoms with E-state index in [1.807, 2.05) is 0 Å². The van der Waals surface area contributed by atoms with E-state index < -0.39 is 18.9 Å². The fourth-order valence-electron chi connectivity index (χ4n) is 1.39. The van der Waals surface area contributed by atoms with Gasteiger partial charge in [0.2, 0.25) is 5.91 Å². The molecule has 0 atom stereocenters. The summed E-state index contributed by atoms with van der Waals surface area (Å²) in [5, 5.41) is 8.71. The Hall–Kier alpha value is -1.56. The van der Waals surface area contributed by atoms with Crippen LogP contribution < -0.4 is 0 Å². The van der Waals surface area contributed by atoms with E-state index in [4.69, 9.17) is 5.11 Å². The molecular weight excluding hydrogens is 230 g/mol. The summed E-state index contributed by atoms with van der Waals surface area (Å²) < 4.78 is 24.4. The van der Waals surface area contributed by atoms with Gasteiger partial charge in [-0.15, -0.1) is 0 Å². The van der Waals surface area contributed by atoms with Gasteiger partial charge >= 0.3 is 0 Å². The molecule has 0 radical (unpaired) electrons. The molecule has 0 spiro atoms. The Morgan fingerprint density at radius 2 is 2.29 bits per heavy atom. The molecule has 1 aromatic rings. The summed E-state index contributed by atoms with van der Waals surface area (Å²) in [6, 6.07) is 3.37. The molecule has 94 valence electrons. The van der Waals surface area contributed by atoms with Crippen LogP contribution in [-0.2, 0) is 11.2 Å². The molecule has 1 amide bonds. The van der Waals surface area contributed by atoms with Gasteiger partial charge < -0.3 is 10.0 Å². The highest BCUT2D eigenvalue weighted by Gasteiger charge is 2.17. The Labute approximate surface area is 97.9 Å². The summed E-state index contributed by atoms with van der Waals surface area (Å²) in [6.07, 6.45) is 0.496. The molecule has 0 aliphatic carbocycles. The van der Waals surface area contributed by atoms with Crippen LogP contribution in [-0.4, -0.2) is 47.0 Å². The molecule has 0 unspecified atom stereocenters. The van der Waals surface area contributed by atoms with E-state index in [-0.39, 0.29) is 19.6 Å². The van der Waals surface area contributed by atoms with E-state index in [0.29, 0.717) is 5.56 Å². The van der Waals surface area contributed by atoms with Crippen molar-refractivity contribution in [2.45, 2.75) is 12.8 Å². The number of rotatable bonds is 6. The topological polar surface area (TPSA) is 53.4 Å². The fourth-order valence-corrected chi connectivity index (χ4v) is 1.39. The van der Waals surface area contributed by atoms with Crippen molar-refractivity contribution in [2.24, 2.45) is 0 Å². The van der Waals surface area contributed by atoms with Crippen LogP contribution in [0.3, 0.4) is 0 Å². The first kappa shape index (κ1) is 13.5. The lowest BCUT2D eigenvalue weighted by Gasteiger charge is -2.21. The van der Waals surface area contributed by atoms with Crippen LogP contribution in [0.25, 0.3) is 0 Å². The van der Waals surface area contributed by atoms with Crippen molar-refractivity contribution < 1.29 is 18.7 Å². The third-order valence-electron chi connectivity index (χ3n) is 2.16. The minimum absolute atomic E-state index is 0.0144. The molecule has 0 fully saturated rings. The van der Waals surface area contributed by atoms with E-state index in [0.717, 1.165) is 4.90 Å². The van der Waals surface area contributed by atoms with Crippen LogP contribution in [0.2, 0.25) is 0 Å². The number of aromatic nitrogens is 1. The highest BCUT2D eigenvalue weighted by Crippen LogP contribution is 2.04. The number of pyridine rings is 1. The van der Waals surface area contributed by atoms with Crippen LogP contribution in [0.5, 0.6) is 0 Å². The maximum absolute atomic E-state index is 12.2. The molecule has 0 bridgehead atoms. The Balaban J connectivity index is 2.59. The van der Waals surface area contributed by atoms with E-state index in [2.05, 4.69) is 4.98 Å². The van der Waals surface area contributed by atoms with Crippen molar-refractivity contribution in [3.05, 3.63) is 30.1 Å². The Morgan fingerprint density at radius 1 is 1.53 bits per heavy atom. The lowest BCUT2D eigenvalue weighted by molar-refractivity contribution is -0.133. The zero-order valence-electron chi connectivity index (χ0n) is 9.22. The minimum atomic E-state index is -2.60. The van der Waals surface area contributed by atoms with Gasteiger partial charge in [-0.1, -0.05) is 6.07 Å². The van der Waals surface area contributed by atoms with Crippen LogP contribution in [0.15, 0.2) is 24.5 Å². The van der Waals surface area contributed by atoms with Crippen molar-refractivity contribution >= 4 is 5.91 Å². The molecule has 1 heterocycles. The molecule has 0 saturated heterocycles. The SMILES string of the molecule is O=C(Cc1cccnc1)N(CCO)CC(F)F. The number of carbonyl (C=O) groups excluding carboxylic acids is 1. The quantitative estimate of drug-likeness (QED) is 0.801. The molecule has 0 aliphatic rings. The number of alkyl halides is 2. The normalized spacial score (nSPS) is 10.6. The molecule has 0 aliphatic heterocycles. The number of carbonyl (C=O) groups is 1. The molecular formula is C11H14F2N2O2. The lowest BCUT2D eigenvalue weighted by Crippen LogP contribution is -2.38. The Bertz CT molecular complexity index is 347. The summed E-state index contributed by atoms with van der Waals surface area (Å²) in [7, 11) is 0. The number of halogens is 2. The van der Waals surface area contributed by atoms with E-state index >= 15 is 0 Å². The minimum Gasteiger partial charge on any atom is -0.395 e. The average molecular weight is 244 g/mol. The monoisotopic (exact) mass is 244 g/mol. The van der Waals surface area contributed by atoms with Crippen molar-refractivity contribution in [1.82, 2.24) is 9.88 Å². The molecule has 1 N–H and O–H groups in total. The average Bonchev–Trinajstić information content (AvgIpc) is 2.29. The van der Waals surface area contributed by atoms with Crippen molar-refractivity contribution in [1.29, 1.82) is 0 Å². The number of aliphatic hydroxyl groups is 1. The maximum atomic E-state index is 12.2. The van der Waals surface area contributed by atoms with Gasteiger partial charge in [-0.2, -0.15) is 0 Å². The van der Waals surface area contributed by atoms with Crippen molar-refractivity contribution in [2.75, 3.05) is 19.7 Å². The van der Waals surface area contributed by atoms with Crippen LogP contribution in [0.4, 0.5) is 8.78 Å². The van der Waals surface area contributed by atoms with Gasteiger partial charge in [-0.3, -0.25) is 9.78 Å². The molecule has 0 saturated carbocycles. The van der Waals surface area contributed by atoms with Crippen LogP contribution >= 0.6 is 0 Å². The summed E-state index contributed by atoms with van der Waals surface area (Å²) in [5.74, 6) is -0.438. The van der Waals surface area contributed by atoms with E-state index in [9.17, 15) is 13.6 Å². The molecule has 1 rings (SSSR count). The summed E-state index contributed by atoms with van der Waals surface area (Å²) >= 11 is 0. The van der Waals surface area contributed by atoms with Gasteiger partial charge in [0.05, 0.1) is 19.6 Å². The van der Waals surface area contributed by atoms with Gasteiger partial charge in [0.1, 0.15) is 0 Å². The largest absolute Gasteiger partial charge is 0.395 e. The standard InChI is InChI=1S/C11H14F2N2O2/c12-10(13)8-15(4-5-16)11(17)6-9-2-1-3-14-7-9/h1-3,7,10,16H,4-6,8H2. The molecule has 6 heteroatoms. The molecule has 0 aromatic carbocycles. The third-order valence-corrected chi connectivity index (χ3v) is 2.16. The molecule has 4 nitrogen and oxygen atoms in total. The van der Waals surface area contributed by atoms with E-state index in [1.165, 1.54) is 6.20 Å². The zero-order valence-corrected chi connectivity index (χ0v) is 9.22. The van der Waals surface area contributed by atoms with Gasteiger partial charge in [0, 0.05) is 18.9 Å². The second-order valence-electron chi connectivity index (χ2n) is 3.49. The molecule has 1 aromatic heterocycles. The first-order chi connectivity index (χ1) is 8.13. The number of amides is 1. The summed E-state index contributed by atoms with van der Waals surface area (Å²) in [5.41, 5.74) is 0.662. The van der Waals surface area contributed by atoms with E-state index in [1.54, 1.807) is 18.3 Å². The van der Waals surface area contributed by atoms with Gasteiger partial charge in [0.25, 0.3) is 6.43 Å². The van der Waals surface area contributed by atoms with Crippen LogP contribution in [0.1, 0.15) is 5.56 Å². The zero-order chi connectivity index (χ0) is 12.7. The predicted octanol–water partition coefficient (Wildman–Crippen LogP) is 0.710.